The third-order valence-corrected chi connectivity index (χ3v) is 1.51. The van der Waals surface area contributed by atoms with Gasteiger partial charge in [0.05, 0.1) is 0 Å². The highest BCUT2D eigenvalue weighted by molar-refractivity contribution is 5.41. The van der Waals surface area contributed by atoms with E-state index in [2.05, 4.69) is 20.0 Å². The van der Waals surface area contributed by atoms with Crippen LogP contribution in [0.15, 0.2) is 17.4 Å². The number of nitrogens with zero attached hydrogens (tertiary/aromatic N) is 5. The number of aromatic amines is 1. The smallest absolute Gasteiger partial charge is 0.340 e. The summed E-state index contributed by atoms with van der Waals surface area (Å²) < 4.78 is 0. The quantitative estimate of drug-likeness (QED) is 0.199. The number of hydrogen-bond acceptors (Lipinski definition) is 4. The molecule has 0 aliphatic rings. The molecule has 0 aromatic carbocycles. The Morgan fingerprint density at radius 3 is 3.20 bits per heavy atom. The van der Waals surface area contributed by atoms with E-state index in [1.807, 2.05) is 0 Å². The molecule has 0 amide bonds. The van der Waals surface area contributed by atoms with Crippen molar-refractivity contribution in [2.45, 2.75) is 6.42 Å². The summed E-state index contributed by atoms with van der Waals surface area (Å²) in [4.78, 5) is 18.6. The fourth-order valence-electron chi connectivity index (χ4n) is 0.876. The largest absolute Gasteiger partial charge is 0.358 e. The van der Waals surface area contributed by atoms with Crippen LogP contribution in [0.25, 0.3) is 16.5 Å². The maximum atomic E-state index is 10.3. The van der Waals surface area contributed by atoms with Crippen LogP contribution in [0.2, 0.25) is 0 Å². The first-order valence-corrected chi connectivity index (χ1v) is 4.11. The average Bonchev–Trinajstić information content (AvgIpc) is 2.66. The molecule has 0 bridgehead atoms. The van der Waals surface area contributed by atoms with E-state index >= 15 is 0 Å². The first-order valence-electron chi connectivity index (χ1n) is 4.11. The summed E-state index contributed by atoms with van der Waals surface area (Å²) >= 11 is 0. The van der Waals surface area contributed by atoms with Crippen molar-refractivity contribution in [3.63, 3.8) is 0 Å². The van der Waals surface area contributed by atoms with Crippen molar-refractivity contribution < 1.29 is 4.92 Å². The number of H-pyrrole nitrogens is 1. The van der Waals surface area contributed by atoms with E-state index in [1.54, 1.807) is 12.2 Å². The van der Waals surface area contributed by atoms with Crippen LogP contribution >= 0.6 is 0 Å². The molecule has 0 saturated heterocycles. The molecule has 0 saturated carbocycles. The Kier molecular flexibility index (Phi) is 3.87. The lowest BCUT2D eigenvalue weighted by molar-refractivity contribution is -0.389. The van der Waals surface area contributed by atoms with Crippen molar-refractivity contribution in [2.24, 2.45) is 5.11 Å². The van der Waals surface area contributed by atoms with E-state index in [0.717, 1.165) is 6.20 Å². The van der Waals surface area contributed by atoms with Gasteiger partial charge in [0.2, 0.25) is 5.82 Å². The topological polar surface area (TPSA) is 121 Å². The van der Waals surface area contributed by atoms with Gasteiger partial charge in [0.15, 0.2) is 0 Å². The molecule has 0 spiro atoms. The number of aromatic nitrogens is 2. The predicted molar refractivity (Wildman–Crippen MR) is 52.9 cm³/mol. The Bertz CT molecular complexity index is 417. The Labute approximate surface area is 84.4 Å². The number of rotatable bonds is 5. The number of hydrogen-bond donors (Lipinski definition) is 1. The van der Waals surface area contributed by atoms with Gasteiger partial charge in [-0.3, -0.25) is 0 Å². The molecule has 0 radical (unpaired) electrons. The molecule has 8 heteroatoms. The molecular weight excluding hydrogens is 200 g/mol. The summed E-state index contributed by atoms with van der Waals surface area (Å²) in [5, 5.41) is 13.6. The molecule has 8 nitrogen and oxygen atoms in total. The van der Waals surface area contributed by atoms with Crippen LogP contribution in [0.3, 0.4) is 0 Å². The fraction of sp³-hybridized carbons (Fsp3) is 0.286. The number of azide groups is 1. The molecular formula is C7H8N6O2. The number of nitrogens with one attached hydrogen (secondary N) is 1. The van der Waals surface area contributed by atoms with Crippen molar-refractivity contribution >= 4 is 11.9 Å². The Morgan fingerprint density at radius 2 is 2.60 bits per heavy atom. The summed E-state index contributed by atoms with van der Waals surface area (Å²) in [5.74, 6) is 0.257. The molecule has 1 rings (SSSR count). The summed E-state index contributed by atoms with van der Waals surface area (Å²) in [6, 6.07) is 0. The standard InChI is InChI=1S/C7H8N6O2/c8-12-10-4-2-1-3-6-9-5-7(11-6)13(14)15/h1,3,5H,2,4H2,(H,9,11). The van der Waals surface area contributed by atoms with Gasteiger partial charge in [-0.25, -0.2) is 9.97 Å². The van der Waals surface area contributed by atoms with E-state index in [0.29, 0.717) is 18.8 Å². The molecule has 15 heavy (non-hydrogen) atoms. The summed E-state index contributed by atoms with van der Waals surface area (Å²) in [6.45, 7) is 0.357. The Balaban J connectivity index is 2.49. The molecule has 1 N–H and O–H groups in total. The minimum Gasteiger partial charge on any atom is -0.358 e. The van der Waals surface area contributed by atoms with Crippen LogP contribution in [0.1, 0.15) is 12.2 Å². The fourth-order valence-corrected chi connectivity index (χ4v) is 0.876. The van der Waals surface area contributed by atoms with Crippen molar-refractivity contribution in [1.82, 2.24) is 9.97 Å². The Hall–Kier alpha value is -2.34. The lowest BCUT2D eigenvalue weighted by Gasteiger charge is -1.85. The van der Waals surface area contributed by atoms with Crippen LogP contribution in [-0.2, 0) is 0 Å². The molecule has 0 fully saturated rings. The normalized spacial score (nSPS) is 10.1. The van der Waals surface area contributed by atoms with Gasteiger partial charge in [0.1, 0.15) is 6.20 Å². The lowest BCUT2D eigenvalue weighted by Crippen LogP contribution is -1.86. The maximum absolute atomic E-state index is 10.3. The van der Waals surface area contributed by atoms with Crippen molar-refractivity contribution in [1.29, 1.82) is 0 Å². The highest BCUT2D eigenvalue weighted by Gasteiger charge is 2.06. The summed E-state index contributed by atoms with van der Waals surface area (Å²) in [6.07, 6.45) is 5.03. The minimum absolute atomic E-state index is 0.148. The van der Waals surface area contributed by atoms with E-state index in [4.69, 9.17) is 5.53 Å². The first kappa shape index (κ1) is 10.7. The molecule has 78 valence electrons. The van der Waals surface area contributed by atoms with Crippen LogP contribution in [0, 0.1) is 10.1 Å². The summed E-state index contributed by atoms with van der Waals surface area (Å²) in [5.41, 5.74) is 7.99. The SMILES string of the molecule is [N-]=[N+]=NCCC=Cc1ncc([N+](=O)[O-])[nH]1. The monoisotopic (exact) mass is 208 g/mol. The van der Waals surface area contributed by atoms with E-state index in [9.17, 15) is 10.1 Å². The molecule has 0 unspecified atom stereocenters. The average molecular weight is 208 g/mol. The lowest BCUT2D eigenvalue weighted by atomic mass is 10.4. The van der Waals surface area contributed by atoms with E-state index < -0.39 is 4.92 Å². The van der Waals surface area contributed by atoms with Gasteiger partial charge < -0.3 is 10.1 Å². The van der Waals surface area contributed by atoms with Gasteiger partial charge in [0.25, 0.3) is 0 Å². The van der Waals surface area contributed by atoms with Crippen molar-refractivity contribution in [3.05, 3.63) is 38.7 Å². The minimum atomic E-state index is -0.551. The Morgan fingerprint density at radius 1 is 1.80 bits per heavy atom. The molecule has 0 aliphatic carbocycles. The number of nitro groups is 1. The summed E-state index contributed by atoms with van der Waals surface area (Å²) in [7, 11) is 0. The highest BCUT2D eigenvalue weighted by atomic mass is 16.6. The second-order valence-corrected chi connectivity index (χ2v) is 2.56. The highest BCUT2D eigenvalue weighted by Crippen LogP contribution is 2.07. The molecule has 1 heterocycles. The molecule has 1 aromatic rings. The molecule has 0 atom stereocenters. The third-order valence-electron chi connectivity index (χ3n) is 1.51. The van der Waals surface area contributed by atoms with Gasteiger partial charge in [-0.1, -0.05) is 11.2 Å². The van der Waals surface area contributed by atoms with Gasteiger partial charge in [-0.05, 0) is 16.9 Å². The van der Waals surface area contributed by atoms with Gasteiger partial charge in [0, 0.05) is 17.5 Å². The maximum Gasteiger partial charge on any atom is 0.340 e. The molecule has 1 aromatic heterocycles. The van der Waals surface area contributed by atoms with Crippen LogP contribution in [-0.4, -0.2) is 21.4 Å². The van der Waals surface area contributed by atoms with Gasteiger partial charge in [-0.2, -0.15) is 0 Å². The van der Waals surface area contributed by atoms with E-state index in [1.165, 1.54) is 0 Å². The first-order chi connectivity index (χ1) is 7.24. The predicted octanol–water partition coefficient (Wildman–Crippen LogP) is 2.03. The second kappa shape index (κ2) is 5.40. The van der Waals surface area contributed by atoms with Crippen molar-refractivity contribution in [2.75, 3.05) is 6.54 Å². The van der Waals surface area contributed by atoms with E-state index in [-0.39, 0.29) is 5.82 Å². The van der Waals surface area contributed by atoms with Gasteiger partial charge in [-0.15, -0.1) is 0 Å². The molecule has 0 aliphatic heterocycles. The second-order valence-electron chi connectivity index (χ2n) is 2.56. The zero-order chi connectivity index (χ0) is 11.1. The van der Waals surface area contributed by atoms with Crippen molar-refractivity contribution in [3.8, 4) is 0 Å². The van der Waals surface area contributed by atoms with Crippen LogP contribution < -0.4 is 0 Å². The number of imidazole rings is 1. The zero-order valence-electron chi connectivity index (χ0n) is 7.70. The van der Waals surface area contributed by atoms with Gasteiger partial charge >= 0.3 is 5.82 Å². The third kappa shape index (κ3) is 3.49. The van der Waals surface area contributed by atoms with Crippen LogP contribution in [0.4, 0.5) is 5.82 Å². The zero-order valence-corrected chi connectivity index (χ0v) is 7.70. The van der Waals surface area contributed by atoms with Crippen LogP contribution in [0.5, 0.6) is 0 Å².